The number of alkyl halides is 2. The van der Waals surface area contributed by atoms with Crippen LogP contribution >= 0.6 is 0 Å². The molecule has 0 spiro atoms. The molecule has 1 aromatic heterocycles. The van der Waals surface area contributed by atoms with Crippen molar-refractivity contribution in [3.63, 3.8) is 0 Å². The first-order valence-corrected chi connectivity index (χ1v) is 6.41. The van der Waals surface area contributed by atoms with E-state index in [0.29, 0.717) is 5.56 Å². The van der Waals surface area contributed by atoms with Crippen LogP contribution in [0.3, 0.4) is 0 Å². The van der Waals surface area contributed by atoms with Crippen molar-refractivity contribution < 1.29 is 23.7 Å². The van der Waals surface area contributed by atoms with E-state index in [4.69, 9.17) is 9.84 Å². The summed E-state index contributed by atoms with van der Waals surface area (Å²) in [5, 5.41) is 21.7. The van der Waals surface area contributed by atoms with Crippen LogP contribution in [0.5, 0.6) is 5.88 Å². The van der Waals surface area contributed by atoms with Gasteiger partial charge in [0, 0.05) is 31.3 Å². The fourth-order valence-corrected chi connectivity index (χ4v) is 2.37. The zero-order valence-corrected chi connectivity index (χ0v) is 11.1. The average Bonchev–Trinajstić information content (AvgIpc) is 2.45. The molecule has 2 atom stereocenters. The van der Waals surface area contributed by atoms with Gasteiger partial charge in [-0.2, -0.15) is 0 Å². The standard InChI is InChI=1S/C13H18F2N2O3/c1-20-12-9(11(19)7-18)4-8(5-17-12)10-6-16-3-2-13(10,14)15/h4-5,10-11,16,18-19H,2-3,6-7H2,1H3. The molecule has 2 heterocycles. The Labute approximate surface area is 115 Å². The van der Waals surface area contributed by atoms with Crippen LogP contribution in [-0.4, -0.2) is 47.9 Å². The van der Waals surface area contributed by atoms with Crippen molar-refractivity contribution in [2.24, 2.45) is 0 Å². The fourth-order valence-electron chi connectivity index (χ4n) is 2.37. The van der Waals surface area contributed by atoms with Crippen LogP contribution in [0.4, 0.5) is 8.78 Å². The molecule has 1 saturated heterocycles. The highest BCUT2D eigenvalue weighted by Gasteiger charge is 2.42. The number of rotatable bonds is 4. The minimum absolute atomic E-state index is 0.127. The van der Waals surface area contributed by atoms with Gasteiger partial charge in [-0.05, 0) is 11.6 Å². The van der Waals surface area contributed by atoms with Gasteiger partial charge in [0.2, 0.25) is 5.88 Å². The minimum atomic E-state index is -2.82. The largest absolute Gasteiger partial charge is 0.481 e. The van der Waals surface area contributed by atoms with Gasteiger partial charge in [-0.3, -0.25) is 0 Å². The minimum Gasteiger partial charge on any atom is -0.481 e. The molecule has 0 bridgehead atoms. The molecule has 0 radical (unpaired) electrons. The first-order valence-electron chi connectivity index (χ1n) is 6.41. The van der Waals surface area contributed by atoms with E-state index in [1.165, 1.54) is 19.4 Å². The van der Waals surface area contributed by atoms with Gasteiger partial charge in [0.1, 0.15) is 6.10 Å². The number of halogens is 2. The Morgan fingerprint density at radius 1 is 1.60 bits per heavy atom. The maximum Gasteiger partial charge on any atom is 0.257 e. The molecule has 0 amide bonds. The van der Waals surface area contributed by atoms with Gasteiger partial charge in [-0.25, -0.2) is 13.8 Å². The molecule has 1 aromatic rings. The van der Waals surface area contributed by atoms with Crippen LogP contribution < -0.4 is 10.1 Å². The van der Waals surface area contributed by atoms with Gasteiger partial charge in [-0.15, -0.1) is 0 Å². The number of ether oxygens (including phenoxy) is 1. The fraction of sp³-hybridized carbons (Fsp3) is 0.615. The summed E-state index contributed by atoms with van der Waals surface area (Å²) in [7, 11) is 1.37. The van der Waals surface area contributed by atoms with Crippen LogP contribution in [0.1, 0.15) is 29.6 Å². The van der Waals surface area contributed by atoms with Crippen molar-refractivity contribution >= 4 is 0 Å². The second-order valence-corrected chi connectivity index (χ2v) is 4.83. The van der Waals surface area contributed by atoms with Crippen molar-refractivity contribution in [2.45, 2.75) is 24.4 Å². The lowest BCUT2D eigenvalue weighted by Crippen LogP contribution is -2.43. The van der Waals surface area contributed by atoms with E-state index >= 15 is 0 Å². The molecule has 112 valence electrons. The molecule has 7 heteroatoms. The van der Waals surface area contributed by atoms with Gasteiger partial charge in [0.05, 0.1) is 19.6 Å². The molecule has 1 fully saturated rings. The van der Waals surface area contributed by atoms with E-state index in [-0.39, 0.29) is 31.0 Å². The second kappa shape index (κ2) is 5.99. The Morgan fingerprint density at radius 2 is 2.35 bits per heavy atom. The Balaban J connectivity index is 2.37. The van der Waals surface area contributed by atoms with Crippen molar-refractivity contribution in [2.75, 3.05) is 26.8 Å². The first-order chi connectivity index (χ1) is 9.49. The van der Waals surface area contributed by atoms with Gasteiger partial charge in [-0.1, -0.05) is 0 Å². The molecule has 0 saturated carbocycles. The normalized spacial score (nSPS) is 23.4. The van der Waals surface area contributed by atoms with Gasteiger partial charge < -0.3 is 20.3 Å². The van der Waals surface area contributed by atoms with Crippen molar-refractivity contribution in [3.8, 4) is 5.88 Å². The molecule has 2 unspecified atom stereocenters. The Morgan fingerprint density at radius 3 is 2.95 bits per heavy atom. The summed E-state index contributed by atoms with van der Waals surface area (Å²) >= 11 is 0. The van der Waals surface area contributed by atoms with Crippen molar-refractivity contribution in [1.82, 2.24) is 10.3 Å². The lowest BCUT2D eigenvalue weighted by Gasteiger charge is -2.32. The zero-order valence-electron chi connectivity index (χ0n) is 11.1. The maximum absolute atomic E-state index is 13.9. The zero-order chi connectivity index (χ0) is 14.8. The van der Waals surface area contributed by atoms with E-state index in [9.17, 15) is 13.9 Å². The van der Waals surface area contributed by atoms with Crippen LogP contribution in [0.2, 0.25) is 0 Å². The number of piperidine rings is 1. The summed E-state index contributed by atoms with van der Waals surface area (Å²) in [5.41, 5.74) is 0.541. The predicted molar refractivity (Wildman–Crippen MR) is 68.0 cm³/mol. The first kappa shape index (κ1) is 15.1. The number of nitrogens with zero attached hydrogens (tertiary/aromatic N) is 1. The lowest BCUT2D eigenvalue weighted by molar-refractivity contribution is -0.0481. The third-order valence-corrected chi connectivity index (χ3v) is 3.52. The van der Waals surface area contributed by atoms with Crippen LogP contribution in [0.15, 0.2) is 12.3 Å². The molecule has 1 aliphatic heterocycles. The second-order valence-electron chi connectivity index (χ2n) is 4.83. The third kappa shape index (κ3) is 2.89. The van der Waals surface area contributed by atoms with Gasteiger partial charge >= 0.3 is 0 Å². The average molecular weight is 288 g/mol. The van der Waals surface area contributed by atoms with E-state index < -0.39 is 24.6 Å². The number of pyridine rings is 1. The summed E-state index contributed by atoms with van der Waals surface area (Å²) < 4.78 is 32.9. The van der Waals surface area contributed by atoms with E-state index in [2.05, 4.69) is 10.3 Å². The highest BCUT2D eigenvalue weighted by molar-refractivity contribution is 5.35. The summed E-state index contributed by atoms with van der Waals surface area (Å²) in [6.07, 6.45) is -0.109. The molecule has 5 nitrogen and oxygen atoms in total. The van der Waals surface area contributed by atoms with Crippen LogP contribution in [0, 0.1) is 0 Å². The summed E-state index contributed by atoms with van der Waals surface area (Å²) in [6.45, 7) is -0.102. The van der Waals surface area contributed by atoms with Gasteiger partial charge in [0.15, 0.2) is 0 Å². The maximum atomic E-state index is 13.9. The molecule has 1 aliphatic rings. The van der Waals surface area contributed by atoms with E-state index in [0.717, 1.165) is 0 Å². The predicted octanol–water partition coefficient (Wildman–Crippen LogP) is 0.828. The molecule has 0 aliphatic carbocycles. The highest BCUT2D eigenvalue weighted by atomic mass is 19.3. The number of hydrogen-bond donors (Lipinski definition) is 3. The topological polar surface area (TPSA) is 74.6 Å². The molecular weight excluding hydrogens is 270 g/mol. The molecule has 0 aromatic carbocycles. The monoisotopic (exact) mass is 288 g/mol. The Bertz CT molecular complexity index is 471. The molecule has 2 rings (SSSR count). The van der Waals surface area contributed by atoms with Crippen molar-refractivity contribution in [3.05, 3.63) is 23.4 Å². The summed E-state index contributed by atoms with van der Waals surface area (Å²) in [5.74, 6) is -3.69. The number of methoxy groups -OCH3 is 1. The summed E-state index contributed by atoms with van der Waals surface area (Å²) in [6, 6.07) is 1.43. The van der Waals surface area contributed by atoms with Crippen LogP contribution in [-0.2, 0) is 0 Å². The van der Waals surface area contributed by atoms with E-state index in [1.807, 2.05) is 0 Å². The van der Waals surface area contributed by atoms with E-state index in [1.54, 1.807) is 0 Å². The number of aromatic nitrogens is 1. The number of hydrogen-bond acceptors (Lipinski definition) is 5. The molecule has 3 N–H and O–H groups in total. The molecular formula is C13H18F2N2O3. The number of nitrogens with one attached hydrogen (secondary N) is 1. The molecule has 20 heavy (non-hydrogen) atoms. The lowest BCUT2D eigenvalue weighted by atomic mass is 9.88. The number of aliphatic hydroxyl groups excluding tert-OH is 2. The number of aliphatic hydroxyl groups is 2. The Hall–Kier alpha value is -1.31. The summed E-state index contributed by atoms with van der Waals surface area (Å²) in [4.78, 5) is 3.95. The van der Waals surface area contributed by atoms with Crippen LogP contribution in [0.25, 0.3) is 0 Å². The Kier molecular flexibility index (Phi) is 4.52. The highest BCUT2D eigenvalue weighted by Crippen LogP contribution is 2.39. The van der Waals surface area contributed by atoms with Gasteiger partial charge in [0.25, 0.3) is 5.92 Å². The smallest absolute Gasteiger partial charge is 0.257 e. The third-order valence-electron chi connectivity index (χ3n) is 3.52. The van der Waals surface area contributed by atoms with Crippen molar-refractivity contribution in [1.29, 1.82) is 0 Å². The quantitative estimate of drug-likeness (QED) is 0.765. The SMILES string of the molecule is COc1ncc(C2CNCCC2(F)F)cc1C(O)CO.